The number of β-amino-alcohol motifs (C(OH)–C–C–N with tert-alkyl or cyclic N) is 1. The third-order valence-electron chi connectivity index (χ3n) is 3.86. The average Bonchev–Trinajstić information content (AvgIpc) is 2.92. The number of ether oxygens (including phenoxy) is 1. The molecule has 0 unspecified atom stereocenters. The molecule has 110 valence electrons. The fourth-order valence-corrected chi connectivity index (χ4v) is 2.85. The van der Waals surface area contributed by atoms with Crippen LogP contribution in [-0.4, -0.2) is 58.5 Å². The van der Waals surface area contributed by atoms with Crippen molar-refractivity contribution in [3.8, 4) is 0 Å². The fraction of sp³-hybridized carbons (Fsp3) is 0.692. The first-order chi connectivity index (χ1) is 9.61. The van der Waals surface area contributed by atoms with Crippen LogP contribution in [-0.2, 0) is 22.7 Å². The number of amides is 1. The molecule has 1 saturated heterocycles. The molecule has 3 heterocycles. The molecule has 1 fully saturated rings. The van der Waals surface area contributed by atoms with E-state index in [1.807, 2.05) is 22.7 Å². The number of aliphatic hydroxyl groups is 1. The number of hydrogen-bond donors (Lipinski definition) is 2. The van der Waals surface area contributed by atoms with Crippen molar-refractivity contribution in [2.45, 2.75) is 25.7 Å². The average molecular weight is 280 g/mol. The number of carbonyl (C=O) groups excluding carboxylic acids is 1. The highest BCUT2D eigenvalue weighted by Crippen LogP contribution is 2.20. The van der Waals surface area contributed by atoms with E-state index in [1.54, 1.807) is 0 Å². The Morgan fingerprint density at radius 2 is 2.45 bits per heavy atom. The first-order valence-corrected chi connectivity index (χ1v) is 6.93. The molecule has 2 N–H and O–H groups in total. The second-order valence-corrected chi connectivity index (χ2v) is 5.60. The molecule has 1 aromatic heterocycles. The lowest BCUT2D eigenvalue weighted by Gasteiger charge is -2.13. The maximum atomic E-state index is 12.0. The summed E-state index contributed by atoms with van der Waals surface area (Å²) in [6, 6.07) is 1.84. The van der Waals surface area contributed by atoms with E-state index >= 15 is 0 Å². The van der Waals surface area contributed by atoms with Crippen molar-refractivity contribution in [1.82, 2.24) is 14.7 Å². The highest BCUT2D eigenvalue weighted by molar-refractivity contribution is 5.90. The largest absolute Gasteiger partial charge is 0.391 e. The van der Waals surface area contributed by atoms with E-state index in [0.717, 1.165) is 18.8 Å². The molecule has 0 radical (unpaired) electrons. The van der Waals surface area contributed by atoms with Gasteiger partial charge in [0.1, 0.15) is 0 Å². The van der Waals surface area contributed by atoms with Crippen LogP contribution in [0.4, 0.5) is 5.82 Å². The van der Waals surface area contributed by atoms with Crippen molar-refractivity contribution in [3.63, 3.8) is 0 Å². The van der Waals surface area contributed by atoms with E-state index in [-0.39, 0.29) is 11.8 Å². The van der Waals surface area contributed by atoms with Crippen molar-refractivity contribution in [3.05, 3.63) is 11.8 Å². The maximum Gasteiger partial charge on any atom is 0.226 e. The molecule has 20 heavy (non-hydrogen) atoms. The molecule has 1 aromatic rings. The summed E-state index contributed by atoms with van der Waals surface area (Å²) in [5.41, 5.74) is 0.979. The third-order valence-corrected chi connectivity index (χ3v) is 3.86. The minimum Gasteiger partial charge on any atom is -0.391 e. The Labute approximate surface area is 117 Å². The Morgan fingerprint density at radius 3 is 3.15 bits per heavy atom. The topological polar surface area (TPSA) is 79.6 Å². The molecular formula is C13H20N4O3. The molecule has 0 aliphatic carbocycles. The van der Waals surface area contributed by atoms with Crippen molar-refractivity contribution in [2.24, 2.45) is 5.92 Å². The number of hydrogen-bond acceptors (Lipinski definition) is 5. The third kappa shape index (κ3) is 2.84. The maximum absolute atomic E-state index is 12.0. The number of aliphatic hydroxyl groups excluding tert-OH is 1. The standard InChI is InChI=1S/C13H20N4O3/c1-16-6-9(11(18)7-16)4-13(19)14-12-5-10-8-20-3-2-17(10)15-12/h5,9,11,18H,2-4,6-8H2,1H3,(H,14,15,19)/t9-,11-/m1/s1. The van der Waals surface area contributed by atoms with Crippen molar-refractivity contribution < 1.29 is 14.6 Å². The van der Waals surface area contributed by atoms with Crippen LogP contribution in [0.3, 0.4) is 0 Å². The minimum atomic E-state index is -0.422. The van der Waals surface area contributed by atoms with Gasteiger partial charge >= 0.3 is 0 Å². The van der Waals surface area contributed by atoms with E-state index in [1.165, 1.54) is 0 Å². The number of likely N-dealkylation sites (tertiary alicyclic amines) is 1. The van der Waals surface area contributed by atoms with Gasteiger partial charge in [0.25, 0.3) is 0 Å². The van der Waals surface area contributed by atoms with Gasteiger partial charge in [-0.2, -0.15) is 5.10 Å². The summed E-state index contributed by atoms with van der Waals surface area (Å²) in [5, 5.41) is 17.0. The second-order valence-electron chi connectivity index (χ2n) is 5.60. The second kappa shape index (κ2) is 5.51. The van der Waals surface area contributed by atoms with Gasteiger partial charge in [0.2, 0.25) is 5.91 Å². The predicted octanol–water partition coefficient (Wildman–Crippen LogP) is -0.336. The summed E-state index contributed by atoms with van der Waals surface area (Å²) in [5.74, 6) is 0.470. The van der Waals surface area contributed by atoms with E-state index in [0.29, 0.717) is 32.0 Å². The van der Waals surface area contributed by atoms with Gasteiger partial charge in [-0.15, -0.1) is 0 Å². The summed E-state index contributed by atoms with van der Waals surface area (Å²) < 4.78 is 7.19. The summed E-state index contributed by atoms with van der Waals surface area (Å²) in [7, 11) is 1.95. The molecule has 0 bridgehead atoms. The summed E-state index contributed by atoms with van der Waals surface area (Å²) >= 11 is 0. The van der Waals surface area contributed by atoms with Gasteiger partial charge in [0.15, 0.2) is 5.82 Å². The summed E-state index contributed by atoms with van der Waals surface area (Å²) in [4.78, 5) is 14.0. The Morgan fingerprint density at radius 1 is 1.60 bits per heavy atom. The number of carbonyl (C=O) groups is 1. The Balaban J connectivity index is 1.57. The van der Waals surface area contributed by atoms with Crippen LogP contribution in [0.5, 0.6) is 0 Å². The molecule has 0 aromatic carbocycles. The summed E-state index contributed by atoms with van der Waals surface area (Å²) in [6.07, 6.45) is -0.0983. The lowest BCUT2D eigenvalue weighted by molar-refractivity contribution is -0.117. The summed E-state index contributed by atoms with van der Waals surface area (Å²) in [6.45, 7) is 3.30. The van der Waals surface area contributed by atoms with Gasteiger partial charge in [-0.25, -0.2) is 0 Å². The van der Waals surface area contributed by atoms with Crippen molar-refractivity contribution in [1.29, 1.82) is 0 Å². The van der Waals surface area contributed by atoms with E-state index in [9.17, 15) is 9.90 Å². The Kier molecular flexibility index (Phi) is 3.73. The molecule has 1 amide bonds. The normalized spacial score (nSPS) is 26.5. The van der Waals surface area contributed by atoms with Gasteiger partial charge in [0.05, 0.1) is 31.6 Å². The van der Waals surface area contributed by atoms with Crippen LogP contribution >= 0.6 is 0 Å². The van der Waals surface area contributed by atoms with Crippen molar-refractivity contribution >= 4 is 11.7 Å². The fourth-order valence-electron chi connectivity index (χ4n) is 2.85. The molecular weight excluding hydrogens is 260 g/mol. The molecule has 2 aliphatic rings. The van der Waals surface area contributed by atoms with Crippen LogP contribution < -0.4 is 5.32 Å². The Hall–Kier alpha value is -1.44. The molecule has 0 saturated carbocycles. The predicted molar refractivity (Wildman–Crippen MR) is 72.1 cm³/mol. The van der Waals surface area contributed by atoms with Crippen LogP contribution in [0.25, 0.3) is 0 Å². The van der Waals surface area contributed by atoms with Gasteiger partial charge in [0, 0.05) is 31.5 Å². The van der Waals surface area contributed by atoms with Crippen LogP contribution in [0.15, 0.2) is 6.07 Å². The molecule has 7 heteroatoms. The number of nitrogens with one attached hydrogen (secondary N) is 1. The minimum absolute atomic E-state index is 0.000531. The number of nitrogens with zero attached hydrogens (tertiary/aromatic N) is 3. The van der Waals surface area contributed by atoms with Crippen molar-refractivity contribution in [2.75, 3.05) is 32.1 Å². The molecule has 2 aliphatic heterocycles. The molecule has 0 spiro atoms. The van der Waals surface area contributed by atoms with Crippen LogP contribution in [0.1, 0.15) is 12.1 Å². The lowest BCUT2D eigenvalue weighted by Crippen LogP contribution is -2.24. The van der Waals surface area contributed by atoms with Gasteiger partial charge in [-0.1, -0.05) is 0 Å². The van der Waals surface area contributed by atoms with Crippen LogP contribution in [0.2, 0.25) is 0 Å². The molecule has 3 rings (SSSR count). The SMILES string of the molecule is CN1C[C@@H](CC(=O)Nc2cc3n(n2)CCOC3)[C@H](O)C1. The van der Waals surface area contributed by atoms with Gasteiger partial charge in [-0.05, 0) is 7.05 Å². The molecule has 2 atom stereocenters. The number of anilines is 1. The zero-order valence-corrected chi connectivity index (χ0v) is 11.6. The van der Waals surface area contributed by atoms with Crippen LogP contribution in [0, 0.1) is 5.92 Å². The quantitative estimate of drug-likeness (QED) is 0.792. The van der Waals surface area contributed by atoms with Gasteiger partial charge < -0.3 is 20.1 Å². The number of likely N-dealkylation sites (N-methyl/N-ethyl adjacent to an activating group) is 1. The smallest absolute Gasteiger partial charge is 0.226 e. The number of fused-ring (bicyclic) bond motifs is 1. The van der Waals surface area contributed by atoms with E-state index in [2.05, 4.69) is 10.4 Å². The molecule has 7 nitrogen and oxygen atoms in total. The Bertz CT molecular complexity index is 478. The van der Waals surface area contributed by atoms with E-state index in [4.69, 9.17) is 4.74 Å². The zero-order valence-electron chi connectivity index (χ0n) is 11.6. The van der Waals surface area contributed by atoms with E-state index < -0.39 is 6.10 Å². The number of rotatable bonds is 3. The zero-order chi connectivity index (χ0) is 14.1. The van der Waals surface area contributed by atoms with Gasteiger partial charge in [-0.3, -0.25) is 9.48 Å². The first-order valence-electron chi connectivity index (χ1n) is 6.93. The monoisotopic (exact) mass is 280 g/mol. The highest BCUT2D eigenvalue weighted by atomic mass is 16.5. The lowest BCUT2D eigenvalue weighted by atomic mass is 10.0. The first kappa shape index (κ1) is 13.5. The highest BCUT2D eigenvalue weighted by Gasteiger charge is 2.30. The number of aromatic nitrogens is 2.